The van der Waals surface area contributed by atoms with Crippen LogP contribution < -0.4 is 0 Å². The van der Waals surface area contributed by atoms with Crippen molar-refractivity contribution >= 4 is 11.8 Å². The molecule has 0 aromatic carbocycles. The average Bonchev–Trinajstić information content (AvgIpc) is 2.62. The first-order valence-corrected chi connectivity index (χ1v) is 6.07. The molecule has 1 spiro atoms. The number of ketones is 1. The molecule has 0 radical (unpaired) electrons. The maximum Gasteiger partial charge on any atom is 0.316 e. The van der Waals surface area contributed by atoms with Crippen LogP contribution in [0.25, 0.3) is 0 Å². The van der Waals surface area contributed by atoms with Crippen LogP contribution in [0, 0.1) is 11.3 Å². The molecule has 0 amide bonds. The fourth-order valence-electron chi connectivity index (χ4n) is 3.71. The number of rotatable bonds is 0. The van der Waals surface area contributed by atoms with Crippen molar-refractivity contribution in [1.82, 2.24) is 0 Å². The van der Waals surface area contributed by atoms with Crippen LogP contribution in [0.5, 0.6) is 0 Å². The molecule has 0 bridgehead atoms. The Balaban J connectivity index is 2.17. The van der Waals surface area contributed by atoms with Crippen LogP contribution in [0.4, 0.5) is 0 Å². The van der Waals surface area contributed by atoms with Gasteiger partial charge in [-0.1, -0.05) is 0 Å². The smallest absolute Gasteiger partial charge is 0.316 e. The summed E-state index contributed by atoms with van der Waals surface area (Å²) in [7, 11) is 0. The minimum Gasteiger partial charge on any atom is -0.465 e. The Morgan fingerprint density at radius 3 is 2.94 bits per heavy atom. The highest BCUT2D eigenvalue weighted by Gasteiger charge is 2.57. The number of cyclic esters (lactones) is 1. The molecule has 2 aliphatic carbocycles. The van der Waals surface area contributed by atoms with Crippen LogP contribution in [0.15, 0.2) is 11.1 Å². The summed E-state index contributed by atoms with van der Waals surface area (Å²) in [6.45, 7) is 2.44. The zero-order chi connectivity index (χ0) is 11.3. The number of carbonyl (C=O) groups is 2. The molecule has 1 aliphatic heterocycles. The summed E-state index contributed by atoms with van der Waals surface area (Å²) in [5.74, 6) is 0.479. The third-order valence-corrected chi connectivity index (χ3v) is 4.61. The number of carbonyl (C=O) groups excluding carboxylic acids is 2. The first-order valence-electron chi connectivity index (χ1n) is 6.07. The lowest BCUT2D eigenvalue weighted by atomic mass is 9.58. The van der Waals surface area contributed by atoms with Gasteiger partial charge in [0.15, 0.2) is 5.78 Å². The standard InChI is InChI=1S/C13H16O3/c1-8-10-4-2-3-9-7-16-12(15)13(9,10)6-5-11(8)14/h9H,2-7H2,1H3/t9-,13-/m0/s1. The minimum absolute atomic E-state index is 0.0703. The number of esters is 1. The van der Waals surface area contributed by atoms with Crippen molar-refractivity contribution in [2.75, 3.05) is 6.61 Å². The topological polar surface area (TPSA) is 43.4 Å². The summed E-state index contributed by atoms with van der Waals surface area (Å²) in [4.78, 5) is 23.8. The summed E-state index contributed by atoms with van der Waals surface area (Å²) in [6.07, 6.45) is 4.26. The molecule has 1 saturated carbocycles. The normalized spacial score (nSPS) is 38.2. The number of hydrogen-bond acceptors (Lipinski definition) is 3. The van der Waals surface area contributed by atoms with Gasteiger partial charge in [0, 0.05) is 12.3 Å². The van der Waals surface area contributed by atoms with Gasteiger partial charge in [0.2, 0.25) is 0 Å². The Labute approximate surface area is 94.8 Å². The molecular formula is C13H16O3. The Morgan fingerprint density at radius 1 is 1.31 bits per heavy atom. The second-order valence-electron chi connectivity index (χ2n) is 5.19. The molecule has 1 saturated heterocycles. The maximum absolute atomic E-state index is 12.0. The van der Waals surface area contributed by atoms with Gasteiger partial charge in [-0.05, 0) is 43.8 Å². The van der Waals surface area contributed by atoms with Crippen LogP contribution in [-0.2, 0) is 14.3 Å². The lowest BCUT2D eigenvalue weighted by Gasteiger charge is -2.41. The maximum atomic E-state index is 12.0. The third-order valence-electron chi connectivity index (χ3n) is 4.61. The molecule has 0 aromatic heterocycles. The highest BCUT2D eigenvalue weighted by molar-refractivity contribution is 6.00. The lowest BCUT2D eigenvalue weighted by Crippen LogP contribution is -2.42. The fraction of sp³-hybridized carbons (Fsp3) is 0.692. The molecule has 3 rings (SSSR count). The monoisotopic (exact) mass is 220 g/mol. The van der Waals surface area contributed by atoms with Gasteiger partial charge >= 0.3 is 5.97 Å². The highest BCUT2D eigenvalue weighted by atomic mass is 16.5. The van der Waals surface area contributed by atoms with Gasteiger partial charge in [-0.3, -0.25) is 9.59 Å². The van der Waals surface area contributed by atoms with E-state index >= 15 is 0 Å². The number of allylic oxidation sites excluding steroid dienone is 1. The second-order valence-corrected chi connectivity index (χ2v) is 5.19. The second kappa shape index (κ2) is 3.19. The molecule has 3 nitrogen and oxygen atoms in total. The average molecular weight is 220 g/mol. The van der Waals surface area contributed by atoms with E-state index in [0.29, 0.717) is 25.4 Å². The summed E-state index contributed by atoms with van der Waals surface area (Å²) < 4.78 is 5.26. The fourth-order valence-corrected chi connectivity index (χ4v) is 3.71. The van der Waals surface area contributed by atoms with E-state index in [-0.39, 0.29) is 11.8 Å². The van der Waals surface area contributed by atoms with Crippen molar-refractivity contribution in [3.63, 3.8) is 0 Å². The number of Topliss-reactive ketones (excluding diaryl/α,β-unsaturated/α-hetero) is 1. The van der Waals surface area contributed by atoms with Crippen LogP contribution in [0.1, 0.15) is 39.0 Å². The highest BCUT2D eigenvalue weighted by Crippen LogP contribution is 2.55. The first kappa shape index (κ1) is 10.1. The Bertz CT molecular complexity index is 407. The van der Waals surface area contributed by atoms with Gasteiger partial charge in [-0.2, -0.15) is 0 Å². The molecule has 3 heteroatoms. The van der Waals surface area contributed by atoms with Crippen molar-refractivity contribution < 1.29 is 14.3 Å². The van der Waals surface area contributed by atoms with E-state index in [4.69, 9.17) is 4.74 Å². The van der Waals surface area contributed by atoms with Crippen LogP contribution in [0.2, 0.25) is 0 Å². The van der Waals surface area contributed by atoms with E-state index in [1.165, 1.54) is 0 Å². The van der Waals surface area contributed by atoms with Gasteiger partial charge in [-0.15, -0.1) is 0 Å². The minimum atomic E-state index is -0.407. The van der Waals surface area contributed by atoms with E-state index in [2.05, 4.69) is 0 Å². The van der Waals surface area contributed by atoms with Gasteiger partial charge < -0.3 is 4.74 Å². The predicted molar refractivity (Wildman–Crippen MR) is 57.7 cm³/mol. The molecule has 0 unspecified atom stereocenters. The number of ether oxygens (including phenoxy) is 1. The summed E-state index contributed by atoms with van der Waals surface area (Å²) in [6, 6.07) is 0. The van der Waals surface area contributed by atoms with E-state index < -0.39 is 5.41 Å². The van der Waals surface area contributed by atoms with E-state index in [1.807, 2.05) is 6.92 Å². The molecule has 86 valence electrons. The van der Waals surface area contributed by atoms with Crippen molar-refractivity contribution in [2.45, 2.75) is 39.0 Å². The quantitative estimate of drug-likeness (QED) is 0.586. The Kier molecular flexibility index (Phi) is 2.00. The van der Waals surface area contributed by atoms with Crippen molar-refractivity contribution in [1.29, 1.82) is 0 Å². The number of hydrogen-bond donors (Lipinski definition) is 0. The van der Waals surface area contributed by atoms with Crippen molar-refractivity contribution in [3.8, 4) is 0 Å². The van der Waals surface area contributed by atoms with Crippen molar-refractivity contribution in [2.24, 2.45) is 11.3 Å². The van der Waals surface area contributed by atoms with Crippen LogP contribution >= 0.6 is 0 Å². The van der Waals surface area contributed by atoms with Crippen LogP contribution in [-0.4, -0.2) is 18.4 Å². The van der Waals surface area contributed by atoms with Crippen molar-refractivity contribution in [3.05, 3.63) is 11.1 Å². The van der Waals surface area contributed by atoms with E-state index in [0.717, 1.165) is 30.4 Å². The van der Waals surface area contributed by atoms with E-state index in [9.17, 15) is 9.59 Å². The van der Waals surface area contributed by atoms with Gasteiger partial charge in [-0.25, -0.2) is 0 Å². The summed E-state index contributed by atoms with van der Waals surface area (Å²) in [5.41, 5.74) is 1.54. The zero-order valence-corrected chi connectivity index (χ0v) is 9.54. The van der Waals surface area contributed by atoms with Gasteiger partial charge in [0.05, 0.1) is 12.0 Å². The third kappa shape index (κ3) is 1.04. The Morgan fingerprint density at radius 2 is 2.12 bits per heavy atom. The molecule has 16 heavy (non-hydrogen) atoms. The van der Waals surface area contributed by atoms with E-state index in [1.54, 1.807) is 0 Å². The molecule has 0 aromatic rings. The molecular weight excluding hydrogens is 204 g/mol. The molecule has 2 atom stereocenters. The predicted octanol–water partition coefficient (Wildman–Crippen LogP) is 2.01. The molecule has 2 fully saturated rings. The van der Waals surface area contributed by atoms with Gasteiger partial charge in [0.1, 0.15) is 0 Å². The van der Waals surface area contributed by atoms with Crippen LogP contribution in [0.3, 0.4) is 0 Å². The first-order chi connectivity index (χ1) is 7.66. The summed E-state index contributed by atoms with van der Waals surface area (Å²) >= 11 is 0. The summed E-state index contributed by atoms with van der Waals surface area (Å²) in [5, 5.41) is 0. The van der Waals surface area contributed by atoms with Gasteiger partial charge in [0.25, 0.3) is 0 Å². The molecule has 3 aliphatic rings. The molecule has 0 N–H and O–H groups in total. The molecule has 1 heterocycles. The zero-order valence-electron chi connectivity index (χ0n) is 9.54. The SMILES string of the molecule is CC1=C2CCC[C@H]3COC(=O)[C@]23CCC1=O. The lowest BCUT2D eigenvalue weighted by molar-refractivity contribution is -0.146. The largest absolute Gasteiger partial charge is 0.465 e. The Hall–Kier alpha value is -1.12.